The van der Waals surface area contributed by atoms with Crippen LogP contribution in [0.5, 0.6) is 0 Å². The van der Waals surface area contributed by atoms with E-state index in [-0.39, 0.29) is 36.0 Å². The van der Waals surface area contributed by atoms with Crippen molar-refractivity contribution in [1.29, 1.82) is 0 Å². The first-order valence-corrected chi connectivity index (χ1v) is 13.1. The van der Waals surface area contributed by atoms with Gasteiger partial charge in [-0.15, -0.1) is 11.3 Å². The minimum atomic E-state index is -0.336. The van der Waals surface area contributed by atoms with Gasteiger partial charge in [-0.05, 0) is 60.5 Å². The molecule has 1 fully saturated rings. The molecule has 0 bridgehead atoms. The van der Waals surface area contributed by atoms with Crippen LogP contribution in [0.4, 0.5) is 10.1 Å². The van der Waals surface area contributed by atoms with Crippen molar-refractivity contribution in [3.63, 3.8) is 0 Å². The Morgan fingerprint density at radius 3 is 2.56 bits per heavy atom. The van der Waals surface area contributed by atoms with Gasteiger partial charge in [0.1, 0.15) is 5.82 Å². The molecule has 1 aromatic heterocycles. The van der Waals surface area contributed by atoms with Gasteiger partial charge in [-0.25, -0.2) is 4.39 Å². The molecule has 3 heterocycles. The van der Waals surface area contributed by atoms with Crippen LogP contribution in [-0.4, -0.2) is 54.2 Å². The third kappa shape index (κ3) is 4.78. The van der Waals surface area contributed by atoms with Gasteiger partial charge in [0, 0.05) is 37.5 Å². The van der Waals surface area contributed by atoms with E-state index >= 15 is 0 Å². The first-order valence-electron chi connectivity index (χ1n) is 12.2. The summed E-state index contributed by atoms with van der Waals surface area (Å²) in [5.74, 6) is -0.861. The highest BCUT2D eigenvalue weighted by molar-refractivity contribution is 7.09. The van der Waals surface area contributed by atoms with Gasteiger partial charge in [-0.2, -0.15) is 0 Å². The molecule has 186 valence electrons. The number of piperidine rings is 1. The van der Waals surface area contributed by atoms with E-state index in [9.17, 15) is 18.8 Å². The number of thiophene rings is 1. The van der Waals surface area contributed by atoms with Crippen LogP contribution in [0.25, 0.3) is 0 Å². The normalized spacial score (nSPS) is 15.9. The number of carbonyl (C=O) groups is 3. The minimum Gasteiger partial charge on any atom is -0.371 e. The highest BCUT2D eigenvalue weighted by Crippen LogP contribution is 2.34. The number of hydrogen-bond acceptors (Lipinski definition) is 5. The molecular weight excluding hydrogens is 477 g/mol. The number of fused-ring (bicyclic) bond motifs is 1. The third-order valence-electron chi connectivity index (χ3n) is 7.02. The Labute approximate surface area is 213 Å². The average molecular weight is 506 g/mol. The Morgan fingerprint density at radius 1 is 1.06 bits per heavy atom. The predicted octanol–water partition coefficient (Wildman–Crippen LogP) is 4.60. The largest absolute Gasteiger partial charge is 0.371 e. The molecule has 8 heteroatoms. The van der Waals surface area contributed by atoms with E-state index in [0.717, 1.165) is 16.1 Å². The summed E-state index contributed by atoms with van der Waals surface area (Å²) in [6.45, 7) is 2.10. The van der Waals surface area contributed by atoms with Gasteiger partial charge in [0.05, 0.1) is 23.4 Å². The van der Waals surface area contributed by atoms with Crippen LogP contribution >= 0.6 is 11.3 Å². The number of halogens is 1. The zero-order valence-electron chi connectivity index (χ0n) is 20.2. The lowest BCUT2D eigenvalue weighted by Crippen LogP contribution is -2.41. The van der Waals surface area contributed by atoms with E-state index in [4.69, 9.17) is 0 Å². The molecule has 3 aromatic rings. The fraction of sp³-hybridized carbons (Fsp3) is 0.321. The highest BCUT2D eigenvalue weighted by Gasteiger charge is 2.39. The standard InChI is InChI=1S/C28H28FN3O3S/c1-30(18-22-7-4-16-36-22)26(33)20-11-13-31(14-12-20)24-9-3-8-23-25(24)28(35)32(27(23)34)15-10-19-5-2-6-21(29)17-19/h2-9,16-17,20H,10-15,18H2,1H3. The van der Waals surface area contributed by atoms with Crippen LogP contribution in [0, 0.1) is 11.7 Å². The number of anilines is 1. The van der Waals surface area contributed by atoms with E-state index in [2.05, 4.69) is 4.90 Å². The summed E-state index contributed by atoms with van der Waals surface area (Å²) >= 11 is 1.65. The van der Waals surface area contributed by atoms with Gasteiger partial charge in [-0.1, -0.05) is 24.3 Å². The van der Waals surface area contributed by atoms with Crippen LogP contribution in [-0.2, 0) is 17.8 Å². The predicted molar refractivity (Wildman–Crippen MR) is 138 cm³/mol. The first kappa shape index (κ1) is 24.2. The van der Waals surface area contributed by atoms with Gasteiger partial charge in [0.2, 0.25) is 5.91 Å². The average Bonchev–Trinajstić information content (AvgIpc) is 3.48. The number of imide groups is 1. The second kappa shape index (κ2) is 10.2. The lowest BCUT2D eigenvalue weighted by molar-refractivity contribution is -0.135. The maximum absolute atomic E-state index is 13.5. The quantitative estimate of drug-likeness (QED) is 0.441. The van der Waals surface area contributed by atoms with E-state index < -0.39 is 0 Å². The molecule has 0 unspecified atom stereocenters. The summed E-state index contributed by atoms with van der Waals surface area (Å²) in [7, 11) is 1.85. The summed E-state index contributed by atoms with van der Waals surface area (Å²) in [5.41, 5.74) is 2.33. The van der Waals surface area contributed by atoms with Crippen LogP contribution in [0.1, 0.15) is 44.0 Å². The molecule has 3 amide bonds. The van der Waals surface area contributed by atoms with E-state index in [0.29, 0.717) is 50.0 Å². The van der Waals surface area contributed by atoms with Gasteiger partial charge in [0.25, 0.3) is 11.8 Å². The molecule has 0 saturated carbocycles. The van der Waals surface area contributed by atoms with Gasteiger partial charge < -0.3 is 9.80 Å². The Kier molecular flexibility index (Phi) is 6.87. The van der Waals surface area contributed by atoms with E-state index in [1.54, 1.807) is 34.4 Å². The monoisotopic (exact) mass is 505 g/mol. The zero-order valence-corrected chi connectivity index (χ0v) is 21.0. The molecule has 0 spiro atoms. The summed E-state index contributed by atoms with van der Waals surface area (Å²) in [6.07, 6.45) is 1.79. The van der Waals surface area contributed by atoms with Crippen LogP contribution in [0.15, 0.2) is 60.0 Å². The fourth-order valence-corrected chi connectivity index (χ4v) is 5.87. The molecule has 36 heavy (non-hydrogen) atoms. The lowest BCUT2D eigenvalue weighted by atomic mass is 9.94. The molecule has 0 N–H and O–H groups in total. The minimum absolute atomic E-state index is 0.0527. The zero-order chi connectivity index (χ0) is 25.2. The molecular formula is C28H28FN3O3S. The SMILES string of the molecule is CN(Cc1cccs1)C(=O)C1CCN(c2cccc3c2C(=O)N(CCc2cccc(F)c2)C3=O)CC1. The van der Waals surface area contributed by atoms with Crippen molar-refractivity contribution >= 4 is 34.7 Å². The molecule has 1 saturated heterocycles. The summed E-state index contributed by atoms with van der Waals surface area (Å²) < 4.78 is 13.5. The Hall–Kier alpha value is -3.52. The second-order valence-electron chi connectivity index (χ2n) is 9.38. The van der Waals surface area contributed by atoms with Crippen molar-refractivity contribution in [2.45, 2.75) is 25.8 Å². The summed E-state index contributed by atoms with van der Waals surface area (Å²) in [5, 5.41) is 2.01. The van der Waals surface area contributed by atoms with Crippen molar-refractivity contribution in [2.75, 3.05) is 31.6 Å². The van der Waals surface area contributed by atoms with E-state index in [1.807, 2.05) is 36.7 Å². The number of nitrogens with zero attached hydrogens (tertiary/aromatic N) is 3. The Bertz CT molecular complexity index is 1280. The third-order valence-corrected chi connectivity index (χ3v) is 7.89. The molecule has 2 aliphatic heterocycles. The van der Waals surface area contributed by atoms with Crippen molar-refractivity contribution in [3.05, 3.63) is 87.4 Å². The van der Waals surface area contributed by atoms with Crippen molar-refractivity contribution in [3.8, 4) is 0 Å². The second-order valence-corrected chi connectivity index (χ2v) is 10.4. The molecule has 2 aliphatic rings. The molecule has 6 nitrogen and oxygen atoms in total. The number of carbonyl (C=O) groups excluding carboxylic acids is 3. The number of hydrogen-bond donors (Lipinski definition) is 0. The Balaban J connectivity index is 1.25. The smallest absolute Gasteiger partial charge is 0.263 e. The number of amides is 3. The van der Waals surface area contributed by atoms with Crippen molar-refractivity contribution in [1.82, 2.24) is 9.80 Å². The maximum atomic E-state index is 13.5. The van der Waals surface area contributed by atoms with E-state index in [1.165, 1.54) is 17.0 Å². The van der Waals surface area contributed by atoms with Crippen LogP contribution in [0.3, 0.4) is 0 Å². The molecule has 5 rings (SSSR count). The fourth-order valence-electron chi connectivity index (χ4n) is 5.11. The Morgan fingerprint density at radius 2 is 1.83 bits per heavy atom. The number of rotatable bonds is 7. The van der Waals surface area contributed by atoms with Gasteiger partial charge in [0.15, 0.2) is 0 Å². The van der Waals surface area contributed by atoms with Gasteiger partial charge in [-0.3, -0.25) is 19.3 Å². The summed E-state index contributed by atoms with van der Waals surface area (Å²) in [4.78, 5) is 45.7. The lowest BCUT2D eigenvalue weighted by Gasteiger charge is -2.35. The van der Waals surface area contributed by atoms with Crippen LogP contribution < -0.4 is 4.90 Å². The molecule has 0 aliphatic carbocycles. The molecule has 0 radical (unpaired) electrons. The molecule has 2 aromatic carbocycles. The topological polar surface area (TPSA) is 60.9 Å². The van der Waals surface area contributed by atoms with Crippen molar-refractivity contribution < 1.29 is 18.8 Å². The van der Waals surface area contributed by atoms with Crippen molar-refractivity contribution in [2.24, 2.45) is 5.92 Å². The molecule has 0 atom stereocenters. The number of benzene rings is 2. The van der Waals surface area contributed by atoms with Gasteiger partial charge >= 0.3 is 0 Å². The van der Waals surface area contributed by atoms with Crippen LogP contribution in [0.2, 0.25) is 0 Å². The summed E-state index contributed by atoms with van der Waals surface area (Å²) in [6, 6.07) is 15.6. The first-order chi connectivity index (χ1) is 17.4. The maximum Gasteiger partial charge on any atom is 0.263 e. The highest BCUT2D eigenvalue weighted by atomic mass is 32.1.